The molecule has 1 N–H and O–H groups in total. The first-order valence-corrected chi connectivity index (χ1v) is 5.86. The second kappa shape index (κ2) is 4.67. The monoisotopic (exact) mass is 227 g/mol. The van der Waals surface area contributed by atoms with Gasteiger partial charge in [0.15, 0.2) is 0 Å². The van der Waals surface area contributed by atoms with Crippen molar-refractivity contribution in [1.82, 2.24) is 10.2 Å². The second-order valence-corrected chi connectivity index (χ2v) is 4.36. The number of ether oxygens (including phenoxy) is 1. The van der Waals surface area contributed by atoms with E-state index in [-0.39, 0.29) is 12.0 Å². The summed E-state index contributed by atoms with van der Waals surface area (Å²) in [6, 6.07) is 0. The van der Waals surface area contributed by atoms with Crippen LogP contribution >= 0.6 is 11.3 Å². The van der Waals surface area contributed by atoms with Gasteiger partial charge in [-0.25, -0.2) is 0 Å². The number of hydrogen-bond acceptors (Lipinski definition) is 5. The zero-order chi connectivity index (χ0) is 10.7. The molecule has 0 bridgehead atoms. The van der Waals surface area contributed by atoms with Gasteiger partial charge in [-0.3, -0.25) is 4.79 Å². The lowest BCUT2D eigenvalue weighted by Gasteiger charge is -2.02. The molecule has 1 aliphatic heterocycles. The molecule has 2 rings (SSSR count). The molecule has 1 fully saturated rings. The smallest absolute Gasteiger partial charge is 0.225 e. The molecule has 2 heterocycles. The predicted molar refractivity (Wildman–Crippen MR) is 56.8 cm³/mol. The molecule has 1 aliphatic rings. The van der Waals surface area contributed by atoms with Crippen molar-refractivity contribution in [3.8, 4) is 0 Å². The first-order valence-electron chi connectivity index (χ1n) is 5.04. The molecule has 6 heteroatoms. The Balaban J connectivity index is 2.00. The summed E-state index contributed by atoms with van der Waals surface area (Å²) in [6.07, 6.45) is 2.60. The molecule has 0 saturated carbocycles. The first-order chi connectivity index (χ1) is 7.29. The Bertz CT molecular complexity index is 347. The number of nitrogens with zero attached hydrogens (tertiary/aromatic N) is 2. The molecule has 1 aromatic rings. The third-order valence-corrected chi connectivity index (χ3v) is 3.14. The van der Waals surface area contributed by atoms with Crippen molar-refractivity contribution < 1.29 is 9.53 Å². The SMILES string of the molecule is CCC(=O)Nc1nnc([C@@H]2CCCO2)s1. The molecule has 0 aromatic carbocycles. The van der Waals surface area contributed by atoms with Gasteiger partial charge in [-0.05, 0) is 12.8 Å². The Kier molecular flexibility index (Phi) is 3.27. The minimum absolute atomic E-state index is 0.0370. The lowest BCUT2D eigenvalue weighted by Crippen LogP contribution is -2.08. The first kappa shape index (κ1) is 10.5. The van der Waals surface area contributed by atoms with Crippen molar-refractivity contribution >= 4 is 22.4 Å². The average Bonchev–Trinajstić information content (AvgIpc) is 2.85. The Labute approximate surface area is 91.9 Å². The highest BCUT2D eigenvalue weighted by Crippen LogP contribution is 2.31. The van der Waals surface area contributed by atoms with Gasteiger partial charge in [0.05, 0.1) is 0 Å². The van der Waals surface area contributed by atoms with Crippen LogP contribution in [0.2, 0.25) is 0 Å². The summed E-state index contributed by atoms with van der Waals surface area (Å²) in [6.45, 7) is 2.60. The largest absolute Gasteiger partial charge is 0.371 e. The molecule has 0 radical (unpaired) electrons. The maximum Gasteiger partial charge on any atom is 0.225 e. The van der Waals surface area contributed by atoms with E-state index in [1.54, 1.807) is 6.92 Å². The van der Waals surface area contributed by atoms with Crippen LogP contribution in [0.5, 0.6) is 0 Å². The Morgan fingerprint density at radius 1 is 1.67 bits per heavy atom. The molecule has 1 amide bonds. The van der Waals surface area contributed by atoms with Crippen molar-refractivity contribution in [3.63, 3.8) is 0 Å². The van der Waals surface area contributed by atoms with Gasteiger partial charge < -0.3 is 10.1 Å². The minimum atomic E-state index is -0.0370. The third-order valence-electron chi connectivity index (χ3n) is 2.21. The Morgan fingerprint density at radius 2 is 2.53 bits per heavy atom. The minimum Gasteiger partial charge on any atom is -0.371 e. The van der Waals surface area contributed by atoms with Crippen LogP contribution in [0.25, 0.3) is 0 Å². The quantitative estimate of drug-likeness (QED) is 0.854. The summed E-state index contributed by atoms with van der Waals surface area (Å²) in [7, 11) is 0. The number of hydrogen-bond donors (Lipinski definition) is 1. The number of anilines is 1. The summed E-state index contributed by atoms with van der Waals surface area (Å²) >= 11 is 1.39. The van der Waals surface area contributed by atoms with Crippen LogP contribution in [0.4, 0.5) is 5.13 Å². The molecule has 1 saturated heterocycles. The van der Waals surface area contributed by atoms with Crippen LogP contribution in [0.15, 0.2) is 0 Å². The second-order valence-electron chi connectivity index (χ2n) is 3.35. The van der Waals surface area contributed by atoms with Gasteiger partial charge >= 0.3 is 0 Å². The van der Waals surface area contributed by atoms with Gasteiger partial charge in [-0.15, -0.1) is 10.2 Å². The molecular weight excluding hydrogens is 214 g/mol. The van der Waals surface area contributed by atoms with Crippen LogP contribution in [0.3, 0.4) is 0 Å². The highest BCUT2D eigenvalue weighted by molar-refractivity contribution is 7.15. The van der Waals surface area contributed by atoms with Crippen LogP contribution in [0, 0.1) is 0 Å². The van der Waals surface area contributed by atoms with Crippen molar-refractivity contribution in [2.24, 2.45) is 0 Å². The highest BCUT2D eigenvalue weighted by Gasteiger charge is 2.22. The molecular formula is C9H13N3O2S. The highest BCUT2D eigenvalue weighted by atomic mass is 32.1. The molecule has 82 valence electrons. The Hall–Kier alpha value is -1.01. The zero-order valence-corrected chi connectivity index (χ0v) is 9.34. The fraction of sp³-hybridized carbons (Fsp3) is 0.667. The molecule has 0 spiro atoms. The lowest BCUT2D eigenvalue weighted by molar-refractivity contribution is -0.115. The average molecular weight is 227 g/mol. The fourth-order valence-electron chi connectivity index (χ4n) is 1.40. The Morgan fingerprint density at radius 3 is 3.20 bits per heavy atom. The lowest BCUT2D eigenvalue weighted by atomic mass is 10.2. The third kappa shape index (κ3) is 2.51. The van der Waals surface area contributed by atoms with Crippen molar-refractivity contribution in [3.05, 3.63) is 5.01 Å². The van der Waals surface area contributed by atoms with E-state index in [4.69, 9.17) is 4.74 Å². The number of carbonyl (C=O) groups is 1. The van der Waals surface area contributed by atoms with E-state index in [9.17, 15) is 4.79 Å². The van der Waals surface area contributed by atoms with Crippen LogP contribution in [-0.2, 0) is 9.53 Å². The van der Waals surface area contributed by atoms with Crippen LogP contribution < -0.4 is 5.32 Å². The van der Waals surface area contributed by atoms with E-state index >= 15 is 0 Å². The van der Waals surface area contributed by atoms with Crippen LogP contribution in [0.1, 0.15) is 37.3 Å². The summed E-state index contributed by atoms with van der Waals surface area (Å²) in [5.74, 6) is -0.0370. The number of carbonyl (C=O) groups excluding carboxylic acids is 1. The van der Waals surface area contributed by atoms with Gasteiger partial charge in [0.1, 0.15) is 11.1 Å². The van der Waals surface area contributed by atoms with E-state index in [1.165, 1.54) is 11.3 Å². The standard InChI is InChI=1S/C9H13N3O2S/c1-2-7(13)10-9-12-11-8(15-9)6-4-3-5-14-6/h6H,2-5H2,1H3,(H,10,12,13)/t6-/m0/s1. The normalized spacial score (nSPS) is 20.5. The molecule has 0 aliphatic carbocycles. The predicted octanol–water partition coefficient (Wildman–Crippen LogP) is 1.74. The van der Waals surface area contributed by atoms with E-state index < -0.39 is 0 Å². The summed E-state index contributed by atoms with van der Waals surface area (Å²) < 4.78 is 5.48. The van der Waals surface area contributed by atoms with E-state index in [0.29, 0.717) is 11.6 Å². The van der Waals surface area contributed by atoms with Crippen LogP contribution in [-0.4, -0.2) is 22.7 Å². The van der Waals surface area contributed by atoms with E-state index in [2.05, 4.69) is 15.5 Å². The summed E-state index contributed by atoms with van der Waals surface area (Å²) in [4.78, 5) is 11.1. The maximum atomic E-state index is 11.1. The number of aromatic nitrogens is 2. The number of nitrogens with one attached hydrogen (secondary N) is 1. The molecule has 5 nitrogen and oxygen atoms in total. The maximum absolute atomic E-state index is 11.1. The molecule has 1 aromatic heterocycles. The van der Waals surface area contributed by atoms with Crippen molar-refractivity contribution in [1.29, 1.82) is 0 Å². The fourth-order valence-corrected chi connectivity index (χ4v) is 2.24. The van der Waals surface area contributed by atoms with Gasteiger partial charge in [-0.1, -0.05) is 18.3 Å². The molecule has 0 unspecified atom stereocenters. The van der Waals surface area contributed by atoms with E-state index in [0.717, 1.165) is 24.5 Å². The van der Waals surface area contributed by atoms with Gasteiger partial charge in [0, 0.05) is 13.0 Å². The zero-order valence-electron chi connectivity index (χ0n) is 8.52. The topological polar surface area (TPSA) is 64.1 Å². The van der Waals surface area contributed by atoms with Crippen molar-refractivity contribution in [2.75, 3.05) is 11.9 Å². The van der Waals surface area contributed by atoms with Gasteiger partial charge in [0.25, 0.3) is 0 Å². The van der Waals surface area contributed by atoms with Gasteiger partial charge in [0.2, 0.25) is 11.0 Å². The van der Waals surface area contributed by atoms with Gasteiger partial charge in [-0.2, -0.15) is 0 Å². The molecule has 1 atom stereocenters. The number of rotatable bonds is 3. The summed E-state index contributed by atoms with van der Waals surface area (Å²) in [5, 5.41) is 12.0. The van der Waals surface area contributed by atoms with E-state index in [1.807, 2.05) is 0 Å². The van der Waals surface area contributed by atoms with Crippen molar-refractivity contribution in [2.45, 2.75) is 32.3 Å². The molecule has 15 heavy (non-hydrogen) atoms. The number of amides is 1. The summed E-state index contributed by atoms with van der Waals surface area (Å²) in [5.41, 5.74) is 0.